The maximum Gasteiger partial charge on any atom is 0.334 e. The van der Waals surface area contributed by atoms with E-state index >= 15 is 0 Å². The van der Waals surface area contributed by atoms with Gasteiger partial charge in [0.1, 0.15) is 5.75 Å². The van der Waals surface area contributed by atoms with Crippen molar-refractivity contribution in [1.29, 1.82) is 0 Å². The van der Waals surface area contributed by atoms with Gasteiger partial charge in [0, 0.05) is 41.1 Å². The lowest BCUT2D eigenvalue weighted by Crippen LogP contribution is -2.38. The lowest BCUT2D eigenvalue weighted by atomic mass is 9.79. The Labute approximate surface area is 173 Å². The van der Waals surface area contributed by atoms with Crippen LogP contribution in [0, 0.1) is 10.1 Å². The highest BCUT2D eigenvalue weighted by molar-refractivity contribution is 7.90. The van der Waals surface area contributed by atoms with Crippen LogP contribution in [-0.4, -0.2) is 42.0 Å². The number of aliphatic carboxylic acids is 1. The summed E-state index contributed by atoms with van der Waals surface area (Å²) in [6.07, 6.45) is 0. The van der Waals surface area contributed by atoms with Gasteiger partial charge in [-0.25, -0.2) is 17.9 Å². The Morgan fingerprint density at radius 2 is 1.83 bits per heavy atom. The summed E-state index contributed by atoms with van der Waals surface area (Å²) in [4.78, 5) is 35.5. The second kappa shape index (κ2) is 8.76. The average molecular weight is 437 g/mol. The Bertz CT molecular complexity index is 1070. The molecule has 1 heterocycles. The monoisotopic (exact) mass is 437 g/mol. The number of nitro benzene ring substituents is 1. The zero-order chi connectivity index (χ0) is 22.8. The van der Waals surface area contributed by atoms with Crippen LogP contribution in [0.1, 0.15) is 39.2 Å². The maximum atomic E-state index is 13.0. The summed E-state index contributed by atoms with van der Waals surface area (Å²) in [6.45, 7) is 6.25. The fraction of sp³-hybridized carbons (Fsp3) is 0.368. The van der Waals surface area contributed by atoms with Gasteiger partial charge in [-0.1, -0.05) is 12.1 Å². The first-order chi connectivity index (χ1) is 13.8. The molecule has 0 aliphatic carbocycles. The third-order valence-electron chi connectivity index (χ3n) is 4.44. The molecule has 0 radical (unpaired) electrons. The molecule has 0 saturated carbocycles. The summed E-state index contributed by atoms with van der Waals surface area (Å²) >= 11 is 0. The van der Waals surface area contributed by atoms with Gasteiger partial charge < -0.3 is 10.4 Å². The lowest BCUT2D eigenvalue weighted by molar-refractivity contribution is -0.384. The molecule has 1 unspecified atom stereocenters. The highest BCUT2D eigenvalue weighted by Gasteiger charge is 2.38. The summed E-state index contributed by atoms with van der Waals surface area (Å²) < 4.78 is 26.9. The van der Waals surface area contributed by atoms with Crippen molar-refractivity contribution in [2.45, 2.75) is 39.7 Å². The van der Waals surface area contributed by atoms with E-state index in [4.69, 9.17) is 0 Å². The number of hydrogen-bond acceptors (Lipinski definition) is 7. The summed E-state index contributed by atoms with van der Waals surface area (Å²) in [5.74, 6) is -4.16. The van der Waals surface area contributed by atoms with Gasteiger partial charge in [-0.05, 0) is 33.3 Å². The van der Waals surface area contributed by atoms with E-state index in [2.05, 4.69) is 10.0 Å². The normalized spacial score (nSPS) is 17.2. The van der Waals surface area contributed by atoms with E-state index in [0.717, 1.165) is 0 Å². The van der Waals surface area contributed by atoms with Crippen LogP contribution in [0.5, 0.6) is 0 Å². The van der Waals surface area contributed by atoms with Gasteiger partial charge in [-0.15, -0.1) is 0 Å². The van der Waals surface area contributed by atoms with Crippen molar-refractivity contribution < 1.29 is 28.0 Å². The number of sulfonamides is 1. The molecule has 162 valence electrons. The molecule has 1 aromatic rings. The molecule has 0 saturated heterocycles. The van der Waals surface area contributed by atoms with Crippen LogP contribution >= 0.6 is 0 Å². The zero-order valence-corrected chi connectivity index (χ0v) is 17.7. The molecular weight excluding hydrogens is 414 g/mol. The minimum absolute atomic E-state index is 0.0624. The quantitative estimate of drug-likeness (QED) is 0.411. The van der Waals surface area contributed by atoms with Gasteiger partial charge in [-0.2, -0.15) is 0 Å². The van der Waals surface area contributed by atoms with E-state index in [0.29, 0.717) is 5.70 Å². The number of allylic oxidation sites excluding steroid dienone is 3. The summed E-state index contributed by atoms with van der Waals surface area (Å²) in [6, 6.07) is 4.87. The average Bonchev–Trinajstić information content (AvgIpc) is 2.58. The Morgan fingerprint density at radius 1 is 1.23 bits per heavy atom. The number of Topliss-reactive ketones (excluding diaryl/α,β-unsaturated/α-hetero) is 1. The summed E-state index contributed by atoms with van der Waals surface area (Å²) in [7, 11) is -3.96. The Hall–Kier alpha value is -3.05. The minimum Gasteiger partial charge on any atom is -0.478 e. The van der Waals surface area contributed by atoms with Gasteiger partial charge in [0.25, 0.3) is 5.69 Å². The molecule has 0 spiro atoms. The van der Waals surface area contributed by atoms with Crippen LogP contribution in [0.15, 0.2) is 46.8 Å². The third-order valence-corrected chi connectivity index (χ3v) is 5.91. The predicted octanol–water partition coefficient (Wildman–Crippen LogP) is 1.81. The number of carbonyl (C=O) groups excluding carboxylic acids is 1. The van der Waals surface area contributed by atoms with Crippen molar-refractivity contribution in [3.8, 4) is 0 Å². The molecule has 1 atom stereocenters. The number of nitrogens with zero attached hydrogens (tertiary/aromatic N) is 1. The van der Waals surface area contributed by atoms with Gasteiger partial charge in [0.15, 0.2) is 5.78 Å². The molecule has 11 heteroatoms. The molecule has 1 aliphatic heterocycles. The highest BCUT2D eigenvalue weighted by Crippen LogP contribution is 2.39. The standard InChI is InChI=1S/C19H23N3O7S/c1-10(2)21-30(28,29)9-15(23)16-11(3)20-12(4)17(19(24)25)18(16)13-6-5-7-14(8-13)22(26)27/h5-8,10,18,20-21H,9H2,1-4H3,(H,24,25). The number of dihydropyridines is 1. The Kier molecular flexibility index (Phi) is 6.78. The largest absolute Gasteiger partial charge is 0.478 e. The Balaban J connectivity index is 2.63. The fourth-order valence-corrected chi connectivity index (χ4v) is 4.75. The van der Waals surface area contributed by atoms with Crippen molar-refractivity contribution in [3.63, 3.8) is 0 Å². The molecule has 0 fully saturated rings. The van der Waals surface area contributed by atoms with Crippen LogP contribution < -0.4 is 10.0 Å². The molecular formula is C19H23N3O7S. The number of non-ortho nitro benzene ring substituents is 1. The van der Waals surface area contributed by atoms with E-state index in [1.165, 1.54) is 38.1 Å². The van der Waals surface area contributed by atoms with Crippen LogP contribution in [0.3, 0.4) is 0 Å². The van der Waals surface area contributed by atoms with E-state index in [1.807, 2.05) is 0 Å². The van der Waals surface area contributed by atoms with E-state index < -0.39 is 44.4 Å². The maximum absolute atomic E-state index is 13.0. The second-order valence-corrected chi connectivity index (χ2v) is 9.00. The van der Waals surface area contributed by atoms with Crippen LogP contribution in [0.2, 0.25) is 0 Å². The SMILES string of the molecule is CC1=C(C(=O)O)C(c2cccc([N+](=O)[O-])c2)C(C(=O)CS(=O)(=O)NC(C)C)=C(C)N1. The first-order valence-corrected chi connectivity index (χ1v) is 10.7. The first kappa shape index (κ1) is 23.2. The number of nitro groups is 1. The van der Waals surface area contributed by atoms with Gasteiger partial charge in [0.2, 0.25) is 10.0 Å². The number of benzene rings is 1. The van der Waals surface area contributed by atoms with Crippen molar-refractivity contribution in [3.05, 3.63) is 62.5 Å². The molecule has 30 heavy (non-hydrogen) atoms. The highest BCUT2D eigenvalue weighted by atomic mass is 32.2. The fourth-order valence-electron chi connectivity index (χ4n) is 3.45. The number of ketones is 1. The van der Waals surface area contributed by atoms with E-state index in [-0.39, 0.29) is 28.1 Å². The van der Waals surface area contributed by atoms with Crippen molar-refractivity contribution in [1.82, 2.24) is 10.0 Å². The van der Waals surface area contributed by atoms with Crippen LogP contribution in [0.25, 0.3) is 0 Å². The number of carboxylic acids is 1. The van der Waals surface area contributed by atoms with Crippen molar-refractivity contribution >= 4 is 27.5 Å². The molecule has 2 rings (SSSR count). The number of carboxylic acid groups (broad SMARTS) is 1. The van der Waals surface area contributed by atoms with E-state index in [9.17, 15) is 33.2 Å². The second-order valence-electron chi connectivity index (χ2n) is 7.25. The van der Waals surface area contributed by atoms with Crippen LogP contribution in [0.4, 0.5) is 5.69 Å². The van der Waals surface area contributed by atoms with Gasteiger partial charge >= 0.3 is 5.97 Å². The van der Waals surface area contributed by atoms with Gasteiger partial charge in [-0.3, -0.25) is 14.9 Å². The predicted molar refractivity (Wildman–Crippen MR) is 109 cm³/mol. The van der Waals surface area contributed by atoms with Gasteiger partial charge in [0.05, 0.1) is 10.5 Å². The summed E-state index contributed by atoms with van der Waals surface area (Å²) in [5, 5.41) is 23.8. The molecule has 1 aromatic carbocycles. The smallest absolute Gasteiger partial charge is 0.334 e. The molecule has 0 bridgehead atoms. The lowest BCUT2D eigenvalue weighted by Gasteiger charge is -2.30. The van der Waals surface area contributed by atoms with E-state index in [1.54, 1.807) is 13.8 Å². The number of carbonyl (C=O) groups is 2. The topological polar surface area (TPSA) is 156 Å². The van der Waals surface area contributed by atoms with Crippen LogP contribution in [-0.2, 0) is 19.6 Å². The number of hydrogen-bond donors (Lipinski definition) is 3. The number of nitrogens with one attached hydrogen (secondary N) is 2. The third kappa shape index (κ3) is 5.10. The molecule has 0 aromatic heterocycles. The summed E-state index contributed by atoms with van der Waals surface area (Å²) in [5.41, 5.74) is 0.243. The molecule has 3 N–H and O–H groups in total. The number of rotatable bonds is 8. The van der Waals surface area contributed by atoms with Crippen molar-refractivity contribution in [2.24, 2.45) is 0 Å². The first-order valence-electron chi connectivity index (χ1n) is 9.03. The van der Waals surface area contributed by atoms with Crippen molar-refractivity contribution in [2.75, 3.05) is 5.75 Å². The molecule has 10 nitrogen and oxygen atoms in total. The molecule has 0 amide bonds. The molecule has 1 aliphatic rings. The zero-order valence-electron chi connectivity index (χ0n) is 16.9. The Morgan fingerprint density at radius 3 is 2.37 bits per heavy atom. The minimum atomic E-state index is -3.96.